The van der Waals surface area contributed by atoms with E-state index in [1.54, 1.807) is 6.26 Å². The minimum atomic E-state index is -0.767. The molecule has 0 fully saturated rings. The van der Waals surface area contributed by atoms with Crippen LogP contribution in [0.1, 0.15) is 25.8 Å². The molecule has 16 heavy (non-hydrogen) atoms. The molecule has 2 atom stereocenters. The van der Waals surface area contributed by atoms with Crippen molar-refractivity contribution in [1.82, 2.24) is 0 Å². The Kier molecular flexibility index (Phi) is 5.53. The Morgan fingerprint density at radius 1 is 1.44 bits per heavy atom. The van der Waals surface area contributed by atoms with Crippen LogP contribution < -0.4 is 5.32 Å². The van der Waals surface area contributed by atoms with Crippen molar-refractivity contribution >= 4 is 16.5 Å². The van der Waals surface area contributed by atoms with Gasteiger partial charge < -0.3 is 5.32 Å². The number of benzene rings is 1. The third kappa shape index (κ3) is 4.79. The Hall–Kier alpha value is -0.830. The summed E-state index contributed by atoms with van der Waals surface area (Å²) in [4.78, 5) is 0. The van der Waals surface area contributed by atoms with Crippen molar-refractivity contribution in [2.75, 3.05) is 18.1 Å². The molecule has 0 aromatic heterocycles. The normalized spacial score (nSPS) is 14.4. The van der Waals surface area contributed by atoms with Gasteiger partial charge in [0.25, 0.3) is 0 Å². The topological polar surface area (TPSA) is 29.1 Å². The SMILES string of the molecule is CCC(C)CNc1cccc(CS(C)=O)c1. The molecule has 2 nitrogen and oxygen atoms in total. The van der Waals surface area contributed by atoms with Crippen molar-refractivity contribution in [1.29, 1.82) is 0 Å². The van der Waals surface area contributed by atoms with Crippen LogP contribution in [0.2, 0.25) is 0 Å². The summed E-state index contributed by atoms with van der Waals surface area (Å²) in [6, 6.07) is 8.19. The Morgan fingerprint density at radius 3 is 2.81 bits per heavy atom. The van der Waals surface area contributed by atoms with Crippen LogP contribution in [0, 0.1) is 5.92 Å². The van der Waals surface area contributed by atoms with Crippen LogP contribution in [0.3, 0.4) is 0 Å². The second-order valence-corrected chi connectivity index (χ2v) is 5.75. The molecule has 0 saturated heterocycles. The van der Waals surface area contributed by atoms with E-state index in [1.807, 2.05) is 12.1 Å². The first kappa shape index (κ1) is 13.2. The maximum absolute atomic E-state index is 11.1. The van der Waals surface area contributed by atoms with Crippen LogP contribution in [0.15, 0.2) is 24.3 Å². The Balaban J connectivity index is 2.56. The second-order valence-electron chi connectivity index (χ2n) is 4.31. The van der Waals surface area contributed by atoms with Crippen molar-refractivity contribution in [2.24, 2.45) is 5.92 Å². The zero-order chi connectivity index (χ0) is 12.0. The molecule has 2 unspecified atom stereocenters. The van der Waals surface area contributed by atoms with E-state index in [4.69, 9.17) is 0 Å². The van der Waals surface area contributed by atoms with Gasteiger partial charge >= 0.3 is 0 Å². The molecule has 0 heterocycles. The van der Waals surface area contributed by atoms with Crippen LogP contribution >= 0.6 is 0 Å². The molecule has 0 spiro atoms. The van der Waals surface area contributed by atoms with Crippen molar-refractivity contribution in [3.63, 3.8) is 0 Å². The number of anilines is 1. The smallest absolute Gasteiger partial charge is 0.0483 e. The lowest BCUT2D eigenvalue weighted by atomic mass is 10.1. The molecular formula is C13H21NOS. The van der Waals surface area contributed by atoms with Gasteiger partial charge in [-0.2, -0.15) is 0 Å². The van der Waals surface area contributed by atoms with E-state index in [0.717, 1.165) is 17.8 Å². The van der Waals surface area contributed by atoms with Gasteiger partial charge in [0.2, 0.25) is 0 Å². The van der Waals surface area contributed by atoms with Gasteiger partial charge in [0, 0.05) is 35.0 Å². The molecule has 0 amide bonds. The Labute approximate surface area is 101 Å². The minimum Gasteiger partial charge on any atom is -0.385 e. The van der Waals surface area contributed by atoms with E-state index >= 15 is 0 Å². The maximum Gasteiger partial charge on any atom is 0.0483 e. The molecule has 0 radical (unpaired) electrons. The van der Waals surface area contributed by atoms with Crippen LogP contribution in [0.25, 0.3) is 0 Å². The fourth-order valence-electron chi connectivity index (χ4n) is 1.44. The van der Waals surface area contributed by atoms with Crippen molar-refractivity contribution < 1.29 is 4.21 Å². The van der Waals surface area contributed by atoms with Gasteiger partial charge in [-0.3, -0.25) is 4.21 Å². The van der Waals surface area contributed by atoms with E-state index in [0.29, 0.717) is 11.7 Å². The lowest BCUT2D eigenvalue weighted by Gasteiger charge is -2.12. The summed E-state index contributed by atoms with van der Waals surface area (Å²) in [6.45, 7) is 5.43. The summed E-state index contributed by atoms with van der Waals surface area (Å²) in [5.41, 5.74) is 2.26. The van der Waals surface area contributed by atoms with Gasteiger partial charge in [0.05, 0.1) is 0 Å². The van der Waals surface area contributed by atoms with Crippen LogP contribution in [0.4, 0.5) is 5.69 Å². The fraction of sp³-hybridized carbons (Fsp3) is 0.538. The maximum atomic E-state index is 11.1. The highest BCUT2D eigenvalue weighted by Gasteiger charge is 2.00. The summed E-state index contributed by atoms with van der Waals surface area (Å²) >= 11 is 0. The first-order chi connectivity index (χ1) is 7.61. The molecule has 0 aliphatic rings. The molecule has 0 saturated carbocycles. The van der Waals surface area contributed by atoms with Gasteiger partial charge in [-0.1, -0.05) is 32.4 Å². The van der Waals surface area contributed by atoms with Gasteiger partial charge in [-0.25, -0.2) is 0 Å². The summed E-state index contributed by atoms with van der Waals surface area (Å²) in [7, 11) is -0.767. The summed E-state index contributed by atoms with van der Waals surface area (Å²) in [5, 5.41) is 3.41. The van der Waals surface area contributed by atoms with Gasteiger partial charge in [-0.05, 0) is 23.6 Å². The van der Waals surface area contributed by atoms with E-state index in [9.17, 15) is 4.21 Å². The molecule has 3 heteroatoms. The standard InChI is InChI=1S/C13H21NOS/c1-4-11(2)9-14-13-7-5-6-12(8-13)10-16(3)15/h5-8,11,14H,4,9-10H2,1-3H3. The van der Waals surface area contributed by atoms with Crippen molar-refractivity contribution in [3.8, 4) is 0 Å². The third-order valence-electron chi connectivity index (χ3n) is 2.65. The van der Waals surface area contributed by atoms with Crippen molar-refractivity contribution in [2.45, 2.75) is 26.0 Å². The first-order valence-electron chi connectivity index (χ1n) is 5.74. The highest BCUT2D eigenvalue weighted by atomic mass is 32.2. The van der Waals surface area contributed by atoms with Crippen molar-refractivity contribution in [3.05, 3.63) is 29.8 Å². The second kappa shape index (κ2) is 6.69. The molecule has 0 aliphatic carbocycles. The highest BCUT2D eigenvalue weighted by Crippen LogP contribution is 2.13. The van der Waals surface area contributed by atoms with E-state index in [2.05, 4.69) is 31.3 Å². The van der Waals surface area contributed by atoms with E-state index in [1.165, 1.54) is 6.42 Å². The number of hydrogen-bond donors (Lipinski definition) is 1. The molecule has 90 valence electrons. The quantitative estimate of drug-likeness (QED) is 0.826. The molecule has 1 aromatic rings. The van der Waals surface area contributed by atoms with Gasteiger partial charge in [-0.15, -0.1) is 0 Å². The van der Waals surface area contributed by atoms with Gasteiger partial charge in [0.15, 0.2) is 0 Å². The fourth-order valence-corrected chi connectivity index (χ4v) is 2.09. The predicted octanol–water partition coefficient (Wildman–Crippen LogP) is 3.02. The summed E-state index contributed by atoms with van der Waals surface area (Å²) in [5.74, 6) is 1.32. The average molecular weight is 239 g/mol. The third-order valence-corrected chi connectivity index (χ3v) is 3.39. The molecule has 0 aliphatic heterocycles. The average Bonchev–Trinajstić information content (AvgIpc) is 2.25. The molecule has 1 aromatic carbocycles. The van der Waals surface area contributed by atoms with Crippen LogP contribution in [-0.2, 0) is 16.6 Å². The van der Waals surface area contributed by atoms with Crippen LogP contribution in [0.5, 0.6) is 0 Å². The van der Waals surface area contributed by atoms with Gasteiger partial charge in [0.1, 0.15) is 0 Å². The highest BCUT2D eigenvalue weighted by molar-refractivity contribution is 7.83. The molecular weight excluding hydrogens is 218 g/mol. The summed E-state index contributed by atoms with van der Waals surface area (Å²) < 4.78 is 11.1. The van der Waals surface area contributed by atoms with Crippen LogP contribution in [-0.4, -0.2) is 17.0 Å². The minimum absolute atomic E-state index is 0.638. The molecule has 0 bridgehead atoms. The summed E-state index contributed by atoms with van der Waals surface area (Å²) in [6.07, 6.45) is 2.92. The first-order valence-corrected chi connectivity index (χ1v) is 7.47. The number of hydrogen-bond acceptors (Lipinski definition) is 2. The Morgan fingerprint density at radius 2 is 2.19 bits per heavy atom. The zero-order valence-corrected chi connectivity index (χ0v) is 11.1. The monoisotopic (exact) mass is 239 g/mol. The molecule has 1 N–H and O–H groups in total. The zero-order valence-electron chi connectivity index (χ0n) is 10.3. The largest absolute Gasteiger partial charge is 0.385 e. The number of nitrogens with one attached hydrogen (secondary N) is 1. The lowest BCUT2D eigenvalue weighted by molar-refractivity contribution is 0.593. The lowest BCUT2D eigenvalue weighted by Crippen LogP contribution is -2.10. The predicted molar refractivity (Wildman–Crippen MR) is 72.2 cm³/mol. The van der Waals surface area contributed by atoms with E-state index < -0.39 is 10.8 Å². The number of rotatable bonds is 6. The Bertz CT molecular complexity index is 352. The van der Waals surface area contributed by atoms with E-state index in [-0.39, 0.29) is 0 Å². The molecule has 1 rings (SSSR count).